The van der Waals surface area contributed by atoms with Crippen molar-refractivity contribution in [3.63, 3.8) is 0 Å². The molecule has 2 nitrogen and oxygen atoms in total. The van der Waals surface area contributed by atoms with Crippen LogP contribution in [0.25, 0.3) is 0 Å². The van der Waals surface area contributed by atoms with Crippen molar-refractivity contribution in [3.8, 4) is 0 Å². The molecule has 15 heavy (non-hydrogen) atoms. The van der Waals surface area contributed by atoms with Gasteiger partial charge in [-0.25, -0.2) is 0 Å². The Bertz CT molecular complexity index is 404. The van der Waals surface area contributed by atoms with E-state index >= 15 is 0 Å². The first kappa shape index (κ1) is 12.3. The van der Waals surface area contributed by atoms with Crippen molar-refractivity contribution in [2.24, 2.45) is 5.10 Å². The second-order valence-electron chi connectivity index (χ2n) is 3.44. The van der Waals surface area contributed by atoms with E-state index in [-0.39, 0.29) is 17.2 Å². The first-order chi connectivity index (χ1) is 7.22. The van der Waals surface area contributed by atoms with Gasteiger partial charge >= 0.3 is 125 Å². The molecular formula is C10H10I3N2-. The third kappa shape index (κ3) is 2.76. The predicted molar refractivity (Wildman–Crippen MR) is 75.5 cm³/mol. The molecule has 5 heteroatoms. The Balaban J connectivity index is 2.35. The predicted octanol–water partition coefficient (Wildman–Crippen LogP) is 0.310. The molecule has 1 unspecified atom stereocenters. The van der Waals surface area contributed by atoms with E-state index in [1.807, 2.05) is 0 Å². The fourth-order valence-electron chi connectivity index (χ4n) is 1.65. The average molecular weight is 539 g/mol. The van der Waals surface area contributed by atoms with Crippen LogP contribution in [-0.2, 0) is 0 Å². The molecule has 1 aromatic carbocycles. The van der Waals surface area contributed by atoms with Crippen molar-refractivity contribution in [1.82, 2.24) is 5.43 Å². The zero-order chi connectivity index (χ0) is 10.8. The number of hydrazone groups is 1. The average Bonchev–Trinajstić information content (AvgIpc) is 2.64. The van der Waals surface area contributed by atoms with E-state index in [1.54, 1.807) is 0 Å². The van der Waals surface area contributed by atoms with Crippen molar-refractivity contribution in [2.45, 2.75) is 19.4 Å². The van der Waals surface area contributed by atoms with E-state index in [2.05, 4.69) is 76.9 Å². The number of benzene rings is 1. The molecule has 0 saturated heterocycles. The molecule has 82 valence electrons. The van der Waals surface area contributed by atoms with Gasteiger partial charge in [0.05, 0.1) is 0 Å². The van der Waals surface area contributed by atoms with Gasteiger partial charge in [0.1, 0.15) is 0 Å². The normalized spacial score (nSPS) is 20.2. The summed E-state index contributed by atoms with van der Waals surface area (Å²) in [6.07, 6.45) is 1.05. The Morgan fingerprint density at radius 1 is 1.53 bits per heavy atom. The molecule has 0 aromatic heterocycles. The Hall–Kier alpha value is 0.880. The number of rotatable bonds is 2. The molecule has 1 aromatic rings. The Labute approximate surface area is 123 Å². The summed E-state index contributed by atoms with van der Waals surface area (Å²) < 4.78 is 2.90. The van der Waals surface area contributed by atoms with Crippen LogP contribution in [0.15, 0.2) is 23.3 Å². The molecule has 1 heterocycles. The molecule has 2 rings (SSSR count). The van der Waals surface area contributed by atoms with Crippen molar-refractivity contribution in [1.29, 1.82) is 0 Å². The summed E-state index contributed by atoms with van der Waals surface area (Å²) in [7, 11) is 0. The first-order valence-electron chi connectivity index (χ1n) is 4.55. The Kier molecular flexibility index (Phi) is 4.50. The molecule has 0 saturated carbocycles. The molecule has 0 fully saturated rings. The molecule has 0 spiro atoms. The second kappa shape index (κ2) is 5.48. The van der Waals surface area contributed by atoms with Crippen LogP contribution in [0, 0.1) is 7.14 Å². The van der Waals surface area contributed by atoms with Crippen LogP contribution >= 0.6 is 41.2 Å². The maximum atomic E-state index is 4.28. The number of nitrogens with zero attached hydrogens (tertiary/aromatic N) is 1. The molecule has 1 atom stereocenters. The molecule has 0 aliphatic carbocycles. The van der Waals surface area contributed by atoms with Gasteiger partial charge in [0.25, 0.3) is 0 Å². The fourth-order valence-corrected chi connectivity index (χ4v) is 6.65. The van der Waals surface area contributed by atoms with Gasteiger partial charge in [-0.2, -0.15) is 0 Å². The summed E-state index contributed by atoms with van der Waals surface area (Å²) in [5, 5.41) is 4.28. The summed E-state index contributed by atoms with van der Waals surface area (Å²) in [6, 6.07) is 7.00. The summed E-state index contributed by atoms with van der Waals surface area (Å²) >= 11 is 5.07. The molecule has 0 amide bonds. The SMILES string of the molecule is CC1=NNC(c2c(I)cccc2[I-]I)C1. The molecule has 1 aliphatic rings. The van der Waals surface area contributed by atoms with E-state index in [4.69, 9.17) is 0 Å². The molecular weight excluding hydrogens is 529 g/mol. The minimum atomic E-state index is 0.113. The van der Waals surface area contributed by atoms with Gasteiger partial charge in [-0.15, -0.1) is 0 Å². The van der Waals surface area contributed by atoms with E-state index in [1.165, 1.54) is 18.4 Å². The van der Waals surface area contributed by atoms with E-state index < -0.39 is 0 Å². The van der Waals surface area contributed by atoms with Gasteiger partial charge < -0.3 is 0 Å². The minimum absolute atomic E-state index is 0.113. The third-order valence-corrected chi connectivity index (χ3v) is 7.60. The Morgan fingerprint density at radius 2 is 2.33 bits per heavy atom. The quantitative estimate of drug-likeness (QED) is 0.539. The van der Waals surface area contributed by atoms with Gasteiger partial charge in [-0.3, -0.25) is 0 Å². The van der Waals surface area contributed by atoms with Crippen LogP contribution in [-0.4, -0.2) is 5.71 Å². The van der Waals surface area contributed by atoms with Crippen molar-refractivity contribution < 1.29 is 17.2 Å². The summed E-state index contributed by atoms with van der Waals surface area (Å²) in [4.78, 5) is 0. The van der Waals surface area contributed by atoms with Crippen LogP contribution < -0.4 is 22.7 Å². The monoisotopic (exact) mass is 539 g/mol. The second-order valence-corrected chi connectivity index (χ2v) is 8.91. The number of halogens is 3. The molecule has 1 N–H and O–H groups in total. The van der Waals surface area contributed by atoms with E-state index in [0.29, 0.717) is 6.04 Å². The molecule has 1 aliphatic heterocycles. The standard InChI is InChI=1S/C10H10I3N2/c1-6-5-9(15-14-6)10-7(11)3-2-4-8(10)13-12/h2-4,9,15H,5H2,1H3/q-1. The van der Waals surface area contributed by atoms with Gasteiger partial charge in [0.2, 0.25) is 0 Å². The van der Waals surface area contributed by atoms with Crippen molar-refractivity contribution >= 4 is 46.9 Å². The molecule has 0 bridgehead atoms. The maximum absolute atomic E-state index is 4.28. The number of hydrogen-bond donors (Lipinski definition) is 1. The zero-order valence-corrected chi connectivity index (χ0v) is 14.6. The van der Waals surface area contributed by atoms with Gasteiger partial charge in [0.15, 0.2) is 0 Å². The van der Waals surface area contributed by atoms with Crippen LogP contribution in [0.4, 0.5) is 0 Å². The topological polar surface area (TPSA) is 24.4 Å². The van der Waals surface area contributed by atoms with Gasteiger partial charge in [0, 0.05) is 0 Å². The zero-order valence-electron chi connectivity index (χ0n) is 8.10. The third-order valence-electron chi connectivity index (χ3n) is 2.34. The van der Waals surface area contributed by atoms with E-state index in [0.717, 1.165) is 6.42 Å². The van der Waals surface area contributed by atoms with Crippen molar-refractivity contribution in [2.75, 3.05) is 0 Å². The number of hydrogen-bond acceptors (Lipinski definition) is 2. The van der Waals surface area contributed by atoms with Crippen molar-refractivity contribution in [3.05, 3.63) is 30.9 Å². The summed E-state index contributed by atoms with van der Waals surface area (Å²) in [6.45, 7) is 2.08. The van der Waals surface area contributed by atoms with Gasteiger partial charge in [-0.05, 0) is 0 Å². The van der Waals surface area contributed by atoms with Crippen LogP contribution in [0.3, 0.4) is 0 Å². The fraction of sp³-hybridized carbons (Fsp3) is 0.300. The van der Waals surface area contributed by atoms with Crippen LogP contribution in [0.2, 0.25) is 0 Å². The van der Waals surface area contributed by atoms with Crippen LogP contribution in [0.5, 0.6) is 0 Å². The van der Waals surface area contributed by atoms with Gasteiger partial charge in [-0.1, -0.05) is 0 Å². The van der Waals surface area contributed by atoms with Crippen LogP contribution in [0.1, 0.15) is 24.9 Å². The number of nitrogens with one attached hydrogen (secondary N) is 1. The summed E-state index contributed by atoms with van der Waals surface area (Å²) in [5.74, 6) is 0. The summed E-state index contributed by atoms with van der Waals surface area (Å²) in [5.41, 5.74) is 5.91. The first-order valence-corrected chi connectivity index (χ1v) is 13.0. The Morgan fingerprint density at radius 3 is 2.93 bits per heavy atom. The molecule has 0 radical (unpaired) electrons. The van der Waals surface area contributed by atoms with E-state index in [9.17, 15) is 0 Å².